The Kier molecular flexibility index (Phi) is 4.56. The van der Waals surface area contributed by atoms with Crippen molar-refractivity contribution in [3.05, 3.63) is 24.0 Å². The van der Waals surface area contributed by atoms with Crippen LogP contribution in [0.5, 0.6) is 5.75 Å². The fourth-order valence-electron chi connectivity index (χ4n) is 2.53. The first-order chi connectivity index (χ1) is 9.06. The summed E-state index contributed by atoms with van der Waals surface area (Å²) in [5.41, 5.74) is 0.609. The van der Waals surface area contributed by atoms with E-state index < -0.39 is 18.2 Å². The molecule has 2 rings (SSSR count). The van der Waals surface area contributed by atoms with Gasteiger partial charge >= 0.3 is 6.61 Å². The van der Waals surface area contributed by atoms with E-state index in [2.05, 4.69) is 17.0 Å². The van der Waals surface area contributed by atoms with Crippen LogP contribution in [0.25, 0.3) is 0 Å². The Balaban J connectivity index is 2.03. The number of hydrogen-bond donors (Lipinski definition) is 1. The van der Waals surface area contributed by atoms with E-state index in [1.54, 1.807) is 6.07 Å². The summed E-state index contributed by atoms with van der Waals surface area (Å²) in [4.78, 5) is 0. The molecule has 0 bridgehead atoms. The van der Waals surface area contributed by atoms with Gasteiger partial charge < -0.3 is 10.1 Å². The molecule has 2 unspecified atom stereocenters. The molecule has 1 aromatic rings. The van der Waals surface area contributed by atoms with Crippen LogP contribution < -0.4 is 10.1 Å². The van der Waals surface area contributed by atoms with Gasteiger partial charge in [0.05, 0.1) is 0 Å². The standard InChI is InChI=1S/C14H18F3NO/c1-9-4-2-3-5-12(9)18-10-6-7-13(11(15)8-10)19-14(16)17/h6-9,12,14,18H,2-5H2,1H3. The van der Waals surface area contributed by atoms with Gasteiger partial charge in [-0.25, -0.2) is 4.39 Å². The monoisotopic (exact) mass is 273 g/mol. The third-order valence-electron chi connectivity index (χ3n) is 3.61. The molecule has 0 amide bonds. The van der Waals surface area contributed by atoms with Crippen LogP contribution >= 0.6 is 0 Å². The van der Waals surface area contributed by atoms with E-state index >= 15 is 0 Å². The average molecular weight is 273 g/mol. The molecule has 1 N–H and O–H groups in total. The Morgan fingerprint density at radius 3 is 2.63 bits per heavy atom. The summed E-state index contributed by atoms with van der Waals surface area (Å²) in [5.74, 6) is -0.653. The van der Waals surface area contributed by atoms with Crippen molar-refractivity contribution in [2.45, 2.75) is 45.3 Å². The molecule has 19 heavy (non-hydrogen) atoms. The minimum absolute atomic E-state index is 0.315. The maximum Gasteiger partial charge on any atom is 0.387 e. The highest BCUT2D eigenvalue weighted by molar-refractivity contribution is 5.48. The van der Waals surface area contributed by atoms with Crippen molar-refractivity contribution in [3.63, 3.8) is 0 Å². The van der Waals surface area contributed by atoms with Crippen LogP contribution in [0.1, 0.15) is 32.6 Å². The summed E-state index contributed by atoms with van der Waals surface area (Å²) in [5, 5.41) is 3.27. The quantitative estimate of drug-likeness (QED) is 0.877. The second kappa shape index (κ2) is 6.17. The SMILES string of the molecule is CC1CCCCC1Nc1ccc(OC(F)F)c(F)c1. The van der Waals surface area contributed by atoms with E-state index in [1.165, 1.54) is 18.6 Å². The molecule has 0 aliphatic heterocycles. The zero-order valence-electron chi connectivity index (χ0n) is 10.8. The van der Waals surface area contributed by atoms with Crippen molar-refractivity contribution < 1.29 is 17.9 Å². The molecule has 106 valence electrons. The number of alkyl halides is 2. The van der Waals surface area contributed by atoms with Crippen molar-refractivity contribution in [1.82, 2.24) is 0 Å². The largest absolute Gasteiger partial charge is 0.432 e. The summed E-state index contributed by atoms with van der Waals surface area (Å²) >= 11 is 0. The van der Waals surface area contributed by atoms with Crippen LogP contribution in [0.3, 0.4) is 0 Å². The smallest absolute Gasteiger partial charge is 0.387 e. The molecule has 1 aliphatic rings. The van der Waals surface area contributed by atoms with Crippen LogP contribution in [0.2, 0.25) is 0 Å². The van der Waals surface area contributed by atoms with E-state index in [0.717, 1.165) is 19.3 Å². The average Bonchev–Trinajstić information content (AvgIpc) is 2.35. The molecular formula is C14H18F3NO. The van der Waals surface area contributed by atoms with Crippen LogP contribution in [-0.2, 0) is 0 Å². The highest BCUT2D eigenvalue weighted by Gasteiger charge is 2.21. The van der Waals surface area contributed by atoms with Crippen molar-refractivity contribution >= 4 is 5.69 Å². The van der Waals surface area contributed by atoms with E-state index in [9.17, 15) is 13.2 Å². The fraction of sp³-hybridized carbons (Fsp3) is 0.571. The Labute approximate surface area is 111 Å². The third-order valence-corrected chi connectivity index (χ3v) is 3.61. The molecule has 0 radical (unpaired) electrons. The molecule has 0 aromatic heterocycles. The lowest BCUT2D eigenvalue weighted by Crippen LogP contribution is -2.30. The number of benzene rings is 1. The Bertz CT molecular complexity index is 425. The van der Waals surface area contributed by atoms with Gasteiger partial charge in [0.2, 0.25) is 0 Å². The molecule has 1 aromatic carbocycles. The molecule has 1 aliphatic carbocycles. The summed E-state index contributed by atoms with van der Waals surface area (Å²) in [6.45, 7) is -0.840. The van der Waals surface area contributed by atoms with Gasteiger partial charge in [-0.3, -0.25) is 0 Å². The summed E-state index contributed by atoms with van der Waals surface area (Å²) < 4.78 is 41.7. The van der Waals surface area contributed by atoms with Crippen molar-refractivity contribution in [1.29, 1.82) is 0 Å². The van der Waals surface area contributed by atoms with Crippen LogP contribution in [0, 0.1) is 11.7 Å². The van der Waals surface area contributed by atoms with Crippen molar-refractivity contribution in [3.8, 4) is 5.75 Å². The molecule has 2 nitrogen and oxygen atoms in total. The lowest BCUT2D eigenvalue weighted by atomic mass is 9.86. The molecule has 2 atom stereocenters. The predicted octanol–water partition coefficient (Wildman–Crippen LogP) is 4.42. The van der Waals surface area contributed by atoms with E-state index in [0.29, 0.717) is 17.6 Å². The molecule has 0 heterocycles. The Morgan fingerprint density at radius 2 is 2.00 bits per heavy atom. The second-order valence-electron chi connectivity index (χ2n) is 5.04. The van der Waals surface area contributed by atoms with Crippen LogP contribution in [-0.4, -0.2) is 12.7 Å². The highest BCUT2D eigenvalue weighted by atomic mass is 19.3. The first kappa shape index (κ1) is 14.0. The first-order valence-electron chi connectivity index (χ1n) is 6.57. The zero-order valence-corrected chi connectivity index (χ0v) is 10.8. The number of ether oxygens (including phenoxy) is 1. The number of hydrogen-bond acceptors (Lipinski definition) is 2. The molecular weight excluding hydrogens is 255 g/mol. The number of nitrogens with one attached hydrogen (secondary N) is 1. The lowest BCUT2D eigenvalue weighted by molar-refractivity contribution is -0.0521. The minimum Gasteiger partial charge on any atom is -0.432 e. The van der Waals surface area contributed by atoms with Gasteiger partial charge in [-0.1, -0.05) is 19.8 Å². The van der Waals surface area contributed by atoms with Gasteiger partial charge in [-0.15, -0.1) is 0 Å². The fourth-order valence-corrected chi connectivity index (χ4v) is 2.53. The van der Waals surface area contributed by atoms with Gasteiger partial charge in [0, 0.05) is 17.8 Å². The van der Waals surface area contributed by atoms with Gasteiger partial charge in [-0.05, 0) is 30.9 Å². The molecule has 0 saturated heterocycles. The first-order valence-corrected chi connectivity index (χ1v) is 6.57. The van der Waals surface area contributed by atoms with E-state index in [4.69, 9.17) is 0 Å². The van der Waals surface area contributed by atoms with Crippen LogP contribution in [0.4, 0.5) is 18.9 Å². The van der Waals surface area contributed by atoms with Crippen molar-refractivity contribution in [2.75, 3.05) is 5.32 Å². The Hall–Kier alpha value is -1.39. The zero-order chi connectivity index (χ0) is 13.8. The van der Waals surface area contributed by atoms with Gasteiger partial charge in [-0.2, -0.15) is 8.78 Å². The normalized spacial score (nSPS) is 23.4. The Morgan fingerprint density at radius 1 is 1.26 bits per heavy atom. The predicted molar refractivity (Wildman–Crippen MR) is 68.1 cm³/mol. The maximum atomic E-state index is 13.6. The highest BCUT2D eigenvalue weighted by Crippen LogP contribution is 2.28. The number of anilines is 1. The van der Waals surface area contributed by atoms with Gasteiger partial charge in [0.1, 0.15) is 0 Å². The maximum absolute atomic E-state index is 13.6. The summed E-state index contributed by atoms with van der Waals surface area (Å²) in [6, 6.07) is 4.33. The van der Waals surface area contributed by atoms with Crippen LogP contribution in [0.15, 0.2) is 18.2 Å². The molecule has 0 spiro atoms. The summed E-state index contributed by atoms with van der Waals surface area (Å²) in [6.07, 6.45) is 4.61. The van der Waals surface area contributed by atoms with Gasteiger partial charge in [0.25, 0.3) is 0 Å². The molecule has 1 fully saturated rings. The number of halogens is 3. The second-order valence-corrected chi connectivity index (χ2v) is 5.04. The topological polar surface area (TPSA) is 21.3 Å². The lowest BCUT2D eigenvalue weighted by Gasteiger charge is -2.30. The van der Waals surface area contributed by atoms with E-state index in [-0.39, 0.29) is 0 Å². The number of rotatable bonds is 4. The molecule has 1 saturated carbocycles. The minimum atomic E-state index is -3.01. The molecule has 5 heteroatoms. The summed E-state index contributed by atoms with van der Waals surface area (Å²) in [7, 11) is 0. The van der Waals surface area contributed by atoms with Crippen molar-refractivity contribution in [2.24, 2.45) is 5.92 Å². The third kappa shape index (κ3) is 3.78. The van der Waals surface area contributed by atoms with Gasteiger partial charge in [0.15, 0.2) is 11.6 Å². The van der Waals surface area contributed by atoms with E-state index in [1.807, 2.05) is 0 Å².